The molecule has 0 bridgehead atoms. The molecule has 9 heteroatoms. The number of rotatable bonds is 9. The number of imide groups is 2. The Morgan fingerprint density at radius 3 is 2.27 bits per heavy atom. The molecule has 1 saturated heterocycles. The predicted octanol–water partition coefficient (Wildman–Crippen LogP) is 5.17. The van der Waals surface area contributed by atoms with E-state index in [1.807, 2.05) is 38.1 Å². The summed E-state index contributed by atoms with van der Waals surface area (Å²) in [7, 11) is 0. The fraction of sp³-hybridized carbons (Fsp3) is 0.179. The lowest BCUT2D eigenvalue weighted by molar-refractivity contribution is -0.122. The molecule has 0 atom stereocenters. The zero-order valence-corrected chi connectivity index (χ0v) is 21.1. The number of carbonyl (C=O) groups is 3. The van der Waals surface area contributed by atoms with Gasteiger partial charge in [-0.3, -0.25) is 14.9 Å². The summed E-state index contributed by atoms with van der Waals surface area (Å²) in [6.45, 7) is 4.82. The number of carbonyl (C=O) groups excluding carboxylic acids is 3. The Kier molecular flexibility index (Phi) is 8.10. The van der Waals surface area contributed by atoms with E-state index in [1.165, 1.54) is 18.2 Å². The summed E-state index contributed by atoms with van der Waals surface area (Å²) in [5, 5.41) is 2.65. The van der Waals surface area contributed by atoms with Crippen molar-refractivity contribution >= 4 is 41.2 Å². The van der Waals surface area contributed by atoms with E-state index in [2.05, 4.69) is 5.32 Å². The van der Waals surface area contributed by atoms with Crippen LogP contribution in [0.2, 0.25) is 5.02 Å². The number of aryl methyl sites for hydroxylation is 1. The lowest BCUT2D eigenvalue weighted by Gasteiger charge is -2.26. The van der Waals surface area contributed by atoms with E-state index in [9.17, 15) is 14.4 Å². The quantitative estimate of drug-likeness (QED) is 0.237. The highest BCUT2D eigenvalue weighted by atomic mass is 35.5. The van der Waals surface area contributed by atoms with Crippen LogP contribution in [0.1, 0.15) is 18.1 Å². The summed E-state index contributed by atoms with van der Waals surface area (Å²) >= 11 is 5.91. The van der Waals surface area contributed by atoms with E-state index < -0.39 is 17.8 Å². The normalized spacial score (nSPS) is 14.5. The van der Waals surface area contributed by atoms with Crippen LogP contribution in [0.4, 0.5) is 10.5 Å². The lowest BCUT2D eigenvalue weighted by atomic mass is 10.1. The van der Waals surface area contributed by atoms with Crippen molar-refractivity contribution in [1.82, 2.24) is 5.32 Å². The molecule has 37 heavy (non-hydrogen) atoms. The predicted molar refractivity (Wildman–Crippen MR) is 140 cm³/mol. The number of hydrogen-bond donors (Lipinski definition) is 1. The highest BCUT2D eigenvalue weighted by Crippen LogP contribution is 2.30. The molecule has 0 unspecified atom stereocenters. The molecule has 1 N–H and O–H groups in total. The van der Waals surface area contributed by atoms with Crippen molar-refractivity contribution in [3.63, 3.8) is 0 Å². The molecular formula is C28H25ClN2O6. The highest BCUT2D eigenvalue weighted by molar-refractivity contribution is 6.39. The van der Waals surface area contributed by atoms with Gasteiger partial charge in [-0.05, 0) is 73.5 Å². The molecule has 0 aliphatic carbocycles. The number of urea groups is 1. The molecule has 0 aromatic heterocycles. The minimum absolute atomic E-state index is 0.197. The molecule has 1 fully saturated rings. The molecule has 4 amide bonds. The summed E-state index contributed by atoms with van der Waals surface area (Å²) in [6, 6.07) is 18.1. The van der Waals surface area contributed by atoms with Crippen molar-refractivity contribution in [2.75, 3.05) is 24.7 Å². The van der Waals surface area contributed by atoms with Crippen molar-refractivity contribution in [2.45, 2.75) is 13.8 Å². The smallest absolute Gasteiger partial charge is 0.335 e. The van der Waals surface area contributed by atoms with Crippen molar-refractivity contribution in [1.29, 1.82) is 0 Å². The number of barbiturate groups is 1. The molecule has 1 heterocycles. The monoisotopic (exact) mass is 520 g/mol. The number of halogens is 1. The van der Waals surface area contributed by atoms with Crippen molar-refractivity contribution in [3.05, 3.63) is 88.5 Å². The van der Waals surface area contributed by atoms with Gasteiger partial charge in [0.25, 0.3) is 11.8 Å². The van der Waals surface area contributed by atoms with Gasteiger partial charge in [0.05, 0.1) is 12.3 Å². The summed E-state index contributed by atoms with van der Waals surface area (Å²) in [5.41, 5.74) is 1.65. The van der Waals surface area contributed by atoms with E-state index in [0.717, 1.165) is 16.2 Å². The van der Waals surface area contributed by atoms with Crippen LogP contribution in [0.3, 0.4) is 0 Å². The third kappa shape index (κ3) is 6.10. The van der Waals surface area contributed by atoms with E-state index in [4.69, 9.17) is 25.8 Å². The molecular weight excluding hydrogens is 496 g/mol. The topological polar surface area (TPSA) is 94.2 Å². The molecule has 3 aromatic carbocycles. The van der Waals surface area contributed by atoms with Gasteiger partial charge in [0.15, 0.2) is 11.5 Å². The number of hydrogen-bond acceptors (Lipinski definition) is 6. The number of nitrogens with one attached hydrogen (secondary N) is 1. The Morgan fingerprint density at radius 2 is 1.57 bits per heavy atom. The molecule has 0 radical (unpaired) electrons. The number of amides is 4. The summed E-state index contributed by atoms with van der Waals surface area (Å²) < 4.78 is 17.3. The van der Waals surface area contributed by atoms with E-state index >= 15 is 0 Å². The van der Waals surface area contributed by atoms with Gasteiger partial charge in [-0.1, -0.05) is 35.9 Å². The fourth-order valence-electron chi connectivity index (χ4n) is 3.67. The number of anilines is 1. The summed E-state index contributed by atoms with van der Waals surface area (Å²) in [5.74, 6) is 0.200. The SMILES string of the molecule is CCOc1cc(C=C2C(=O)NC(=O)N(c3ccc(Cl)cc3)C2=O)ccc1OCCOc1ccccc1C. The van der Waals surface area contributed by atoms with Gasteiger partial charge in [-0.2, -0.15) is 0 Å². The van der Waals surface area contributed by atoms with Gasteiger partial charge in [0, 0.05) is 5.02 Å². The number of benzene rings is 3. The van der Waals surface area contributed by atoms with Crippen LogP contribution in [-0.2, 0) is 9.59 Å². The summed E-state index contributed by atoms with van der Waals surface area (Å²) in [6.07, 6.45) is 1.40. The first-order chi connectivity index (χ1) is 17.9. The number of para-hydroxylation sites is 1. The molecule has 0 spiro atoms. The molecule has 3 aromatic rings. The second kappa shape index (κ2) is 11.6. The minimum Gasteiger partial charge on any atom is -0.490 e. The van der Waals surface area contributed by atoms with E-state index in [0.29, 0.717) is 35.3 Å². The lowest BCUT2D eigenvalue weighted by Crippen LogP contribution is -2.54. The molecule has 0 saturated carbocycles. The largest absolute Gasteiger partial charge is 0.490 e. The highest BCUT2D eigenvalue weighted by Gasteiger charge is 2.36. The Balaban J connectivity index is 1.51. The van der Waals surface area contributed by atoms with Crippen LogP contribution >= 0.6 is 11.6 Å². The summed E-state index contributed by atoms with van der Waals surface area (Å²) in [4.78, 5) is 38.9. The first kappa shape index (κ1) is 25.8. The molecule has 190 valence electrons. The first-order valence-electron chi connectivity index (χ1n) is 11.6. The third-order valence-corrected chi connectivity index (χ3v) is 5.71. The molecule has 8 nitrogen and oxygen atoms in total. The zero-order valence-electron chi connectivity index (χ0n) is 20.3. The van der Waals surface area contributed by atoms with Gasteiger partial charge in [-0.25, -0.2) is 9.69 Å². The Morgan fingerprint density at radius 1 is 0.865 bits per heavy atom. The third-order valence-electron chi connectivity index (χ3n) is 5.46. The van der Waals surface area contributed by atoms with Crippen LogP contribution in [0.15, 0.2) is 72.3 Å². The molecule has 4 rings (SSSR count). The molecule has 1 aliphatic heterocycles. The second-order valence-corrected chi connectivity index (χ2v) is 8.47. The van der Waals surface area contributed by atoms with Gasteiger partial charge in [-0.15, -0.1) is 0 Å². The standard InChI is InChI=1S/C28H25ClN2O6/c1-3-35-25-17-19(8-13-24(25)37-15-14-36-23-7-5-4-6-18(23)2)16-22-26(32)30-28(34)31(27(22)33)21-11-9-20(29)10-12-21/h4-13,16-17H,3,14-15H2,1-2H3,(H,30,32,34). The van der Waals surface area contributed by atoms with Crippen molar-refractivity contribution in [3.8, 4) is 17.2 Å². The van der Waals surface area contributed by atoms with Crippen LogP contribution in [0, 0.1) is 6.92 Å². The van der Waals surface area contributed by atoms with Crippen molar-refractivity contribution in [2.24, 2.45) is 0 Å². The molecule has 1 aliphatic rings. The van der Waals surface area contributed by atoms with Gasteiger partial charge in [0.2, 0.25) is 0 Å². The average molecular weight is 521 g/mol. The first-order valence-corrected chi connectivity index (χ1v) is 12.0. The van der Waals surface area contributed by atoms with Gasteiger partial charge in [0.1, 0.15) is 24.5 Å². The Labute approximate surface area is 219 Å². The van der Waals surface area contributed by atoms with Crippen LogP contribution in [0.5, 0.6) is 17.2 Å². The number of ether oxygens (including phenoxy) is 3. The van der Waals surface area contributed by atoms with E-state index in [-0.39, 0.29) is 17.9 Å². The maximum Gasteiger partial charge on any atom is 0.335 e. The second-order valence-electron chi connectivity index (χ2n) is 8.04. The Hall–Kier alpha value is -4.30. The van der Waals surface area contributed by atoms with E-state index in [1.54, 1.807) is 30.3 Å². The van der Waals surface area contributed by atoms with Gasteiger partial charge < -0.3 is 14.2 Å². The van der Waals surface area contributed by atoms with Crippen molar-refractivity contribution < 1.29 is 28.6 Å². The van der Waals surface area contributed by atoms with Crippen LogP contribution < -0.4 is 24.4 Å². The van der Waals surface area contributed by atoms with Crippen LogP contribution in [-0.4, -0.2) is 37.7 Å². The van der Waals surface area contributed by atoms with Gasteiger partial charge >= 0.3 is 6.03 Å². The van der Waals surface area contributed by atoms with Crippen LogP contribution in [0.25, 0.3) is 6.08 Å². The fourth-order valence-corrected chi connectivity index (χ4v) is 3.80. The minimum atomic E-state index is -0.832. The Bertz CT molecular complexity index is 1350. The number of nitrogens with zero attached hydrogens (tertiary/aromatic N) is 1. The maximum absolute atomic E-state index is 13.1. The zero-order chi connectivity index (χ0) is 26.4. The average Bonchev–Trinajstić information content (AvgIpc) is 2.87. The maximum atomic E-state index is 13.1.